The quantitative estimate of drug-likeness (QED) is 0.820. The van der Waals surface area contributed by atoms with E-state index in [1.807, 2.05) is 49.9 Å². The third-order valence-electron chi connectivity index (χ3n) is 3.82. The Kier molecular flexibility index (Phi) is 5.61. The van der Waals surface area contributed by atoms with E-state index in [9.17, 15) is 4.79 Å². The zero-order valence-corrected chi connectivity index (χ0v) is 14.5. The van der Waals surface area contributed by atoms with Crippen LogP contribution in [0.25, 0.3) is 0 Å². The predicted octanol–water partition coefficient (Wildman–Crippen LogP) is 3.31. The second kappa shape index (κ2) is 7.47. The number of nitrogens with zero attached hydrogens (tertiary/aromatic N) is 2. The number of ether oxygens (including phenoxy) is 1. The number of hydrogen-bond acceptors (Lipinski definition) is 2. The molecule has 1 heterocycles. The van der Waals surface area contributed by atoms with Crippen LogP contribution in [0.3, 0.4) is 0 Å². The van der Waals surface area contributed by atoms with Gasteiger partial charge in [-0.15, -0.1) is 0 Å². The molecule has 4 nitrogen and oxygen atoms in total. The number of carbonyl (C=O) groups excluding carboxylic acids is 1. The summed E-state index contributed by atoms with van der Waals surface area (Å²) in [5, 5.41) is 0. The van der Waals surface area contributed by atoms with Gasteiger partial charge in [-0.3, -0.25) is 4.79 Å². The molecule has 1 aromatic heterocycles. The summed E-state index contributed by atoms with van der Waals surface area (Å²) in [4.78, 5) is 14.2. The van der Waals surface area contributed by atoms with Crippen molar-refractivity contribution in [1.82, 2.24) is 9.47 Å². The molecule has 4 heteroatoms. The van der Waals surface area contributed by atoms with E-state index in [1.165, 1.54) is 5.56 Å². The third-order valence-corrected chi connectivity index (χ3v) is 3.82. The molecular weight excluding hydrogens is 288 g/mol. The molecule has 0 saturated carbocycles. The van der Waals surface area contributed by atoms with Gasteiger partial charge < -0.3 is 14.2 Å². The topological polar surface area (TPSA) is 34.5 Å². The smallest absolute Gasteiger partial charge is 0.249 e. The highest BCUT2D eigenvalue weighted by Crippen LogP contribution is 2.19. The van der Waals surface area contributed by atoms with Crippen LogP contribution < -0.4 is 0 Å². The highest BCUT2D eigenvalue weighted by molar-refractivity contribution is 5.78. The van der Waals surface area contributed by atoms with Crippen molar-refractivity contribution >= 4 is 5.91 Å². The lowest BCUT2D eigenvalue weighted by Crippen LogP contribution is -2.46. The van der Waals surface area contributed by atoms with Gasteiger partial charge >= 0.3 is 0 Å². The largest absolute Gasteiger partial charge is 0.375 e. The van der Waals surface area contributed by atoms with E-state index in [1.54, 1.807) is 7.11 Å². The van der Waals surface area contributed by atoms with Gasteiger partial charge in [0.1, 0.15) is 6.61 Å². The molecule has 0 aliphatic carbocycles. The summed E-state index contributed by atoms with van der Waals surface area (Å²) in [6.07, 6.45) is 2.06. The molecule has 1 amide bonds. The van der Waals surface area contributed by atoms with Crippen LogP contribution in [0.4, 0.5) is 0 Å². The number of benzene rings is 1. The lowest BCUT2D eigenvalue weighted by atomic mass is 10.1. The second-order valence-electron chi connectivity index (χ2n) is 6.70. The van der Waals surface area contributed by atoms with E-state index >= 15 is 0 Å². The van der Waals surface area contributed by atoms with E-state index in [-0.39, 0.29) is 18.1 Å². The molecule has 1 aromatic carbocycles. The first-order valence-corrected chi connectivity index (χ1v) is 7.89. The number of carbonyl (C=O) groups is 1. The van der Waals surface area contributed by atoms with Gasteiger partial charge in [0.2, 0.25) is 5.91 Å². The van der Waals surface area contributed by atoms with Crippen LogP contribution in [0.15, 0.2) is 48.7 Å². The fraction of sp³-hybridized carbons (Fsp3) is 0.421. The molecule has 0 bridgehead atoms. The minimum atomic E-state index is -0.253. The molecule has 0 aliphatic rings. The van der Waals surface area contributed by atoms with Crippen molar-refractivity contribution in [3.05, 3.63) is 59.9 Å². The van der Waals surface area contributed by atoms with Gasteiger partial charge in [0.05, 0.1) is 6.54 Å². The van der Waals surface area contributed by atoms with E-state index in [2.05, 4.69) is 29.0 Å². The van der Waals surface area contributed by atoms with E-state index in [4.69, 9.17) is 4.74 Å². The lowest BCUT2D eigenvalue weighted by Gasteiger charge is -2.36. The molecule has 23 heavy (non-hydrogen) atoms. The Hall–Kier alpha value is -2.07. The standard InChI is InChI=1S/C19H26N2O2/c1-19(2,3)21(18(22)15-23-4)14-17-11-8-12-20(17)13-16-9-6-5-7-10-16/h5-12H,13-15H2,1-4H3. The molecule has 2 rings (SSSR count). The van der Waals surface area contributed by atoms with Crippen LogP contribution in [-0.4, -0.2) is 34.6 Å². The van der Waals surface area contributed by atoms with Crippen LogP contribution in [0.1, 0.15) is 32.0 Å². The minimum Gasteiger partial charge on any atom is -0.375 e. The predicted molar refractivity (Wildman–Crippen MR) is 92.2 cm³/mol. The summed E-state index contributed by atoms with van der Waals surface area (Å²) < 4.78 is 7.22. The summed E-state index contributed by atoms with van der Waals surface area (Å²) in [6, 6.07) is 14.4. The first kappa shape index (κ1) is 17.3. The molecule has 0 fully saturated rings. The zero-order valence-electron chi connectivity index (χ0n) is 14.5. The third kappa shape index (κ3) is 4.70. The fourth-order valence-corrected chi connectivity index (χ4v) is 2.59. The second-order valence-corrected chi connectivity index (χ2v) is 6.70. The Bertz CT molecular complexity index is 626. The molecule has 0 atom stereocenters. The lowest BCUT2D eigenvalue weighted by molar-refractivity contribution is -0.140. The number of methoxy groups -OCH3 is 1. The van der Waals surface area contributed by atoms with Crippen LogP contribution in [-0.2, 0) is 22.6 Å². The summed E-state index contributed by atoms with van der Waals surface area (Å²) in [6.45, 7) is 7.63. The van der Waals surface area contributed by atoms with Crippen LogP contribution in [0, 0.1) is 0 Å². The van der Waals surface area contributed by atoms with Gasteiger partial charge in [-0.1, -0.05) is 30.3 Å². The van der Waals surface area contributed by atoms with E-state index in [0.29, 0.717) is 6.54 Å². The summed E-state index contributed by atoms with van der Waals surface area (Å²) in [5.41, 5.74) is 2.11. The molecule has 0 aliphatic heterocycles. The van der Waals surface area contributed by atoms with Crippen molar-refractivity contribution in [2.75, 3.05) is 13.7 Å². The van der Waals surface area contributed by atoms with Gasteiger partial charge in [-0.2, -0.15) is 0 Å². The summed E-state index contributed by atoms with van der Waals surface area (Å²) >= 11 is 0. The monoisotopic (exact) mass is 314 g/mol. The summed E-state index contributed by atoms with van der Waals surface area (Å²) in [7, 11) is 1.55. The molecule has 124 valence electrons. The maximum absolute atomic E-state index is 12.4. The fourth-order valence-electron chi connectivity index (χ4n) is 2.59. The Morgan fingerprint density at radius 1 is 1.13 bits per heavy atom. The Balaban J connectivity index is 2.18. The number of aromatic nitrogens is 1. The molecule has 0 spiro atoms. The molecule has 0 saturated heterocycles. The Morgan fingerprint density at radius 2 is 1.83 bits per heavy atom. The van der Waals surface area contributed by atoms with Crippen molar-refractivity contribution in [1.29, 1.82) is 0 Å². The molecule has 2 aromatic rings. The number of hydrogen-bond donors (Lipinski definition) is 0. The normalized spacial score (nSPS) is 11.5. The van der Waals surface area contributed by atoms with Crippen LogP contribution in [0.5, 0.6) is 0 Å². The van der Waals surface area contributed by atoms with Crippen molar-refractivity contribution < 1.29 is 9.53 Å². The molecular formula is C19H26N2O2. The maximum atomic E-state index is 12.4. The van der Waals surface area contributed by atoms with Crippen molar-refractivity contribution in [3.8, 4) is 0 Å². The average Bonchev–Trinajstić information content (AvgIpc) is 2.92. The zero-order chi connectivity index (χ0) is 16.9. The van der Waals surface area contributed by atoms with Gasteiger partial charge in [-0.25, -0.2) is 0 Å². The van der Waals surface area contributed by atoms with Crippen molar-refractivity contribution in [3.63, 3.8) is 0 Å². The number of rotatable bonds is 6. The number of amides is 1. The first-order valence-electron chi connectivity index (χ1n) is 7.89. The van der Waals surface area contributed by atoms with Gasteiger partial charge in [0.25, 0.3) is 0 Å². The van der Waals surface area contributed by atoms with Crippen LogP contribution in [0.2, 0.25) is 0 Å². The van der Waals surface area contributed by atoms with Gasteiger partial charge in [-0.05, 0) is 38.5 Å². The van der Waals surface area contributed by atoms with E-state index < -0.39 is 0 Å². The first-order chi connectivity index (χ1) is 10.9. The Labute approximate surface area is 138 Å². The molecule has 0 unspecified atom stereocenters. The van der Waals surface area contributed by atoms with Gasteiger partial charge in [0, 0.05) is 31.1 Å². The molecule has 0 N–H and O–H groups in total. The minimum absolute atomic E-state index is 0.00691. The van der Waals surface area contributed by atoms with Crippen LogP contribution >= 0.6 is 0 Å². The van der Waals surface area contributed by atoms with Crippen molar-refractivity contribution in [2.24, 2.45) is 0 Å². The van der Waals surface area contributed by atoms with E-state index in [0.717, 1.165) is 12.2 Å². The SMILES string of the molecule is COCC(=O)N(Cc1cccn1Cc1ccccc1)C(C)(C)C. The Morgan fingerprint density at radius 3 is 2.43 bits per heavy atom. The molecule has 0 radical (unpaired) electrons. The summed E-state index contributed by atoms with van der Waals surface area (Å²) in [5.74, 6) is 0.00691. The highest BCUT2D eigenvalue weighted by atomic mass is 16.5. The highest BCUT2D eigenvalue weighted by Gasteiger charge is 2.27. The van der Waals surface area contributed by atoms with Gasteiger partial charge in [0.15, 0.2) is 0 Å². The van der Waals surface area contributed by atoms with Crippen molar-refractivity contribution in [2.45, 2.75) is 39.4 Å². The average molecular weight is 314 g/mol. The maximum Gasteiger partial charge on any atom is 0.249 e.